The normalized spacial score (nSPS) is 12.0. The number of thiophene rings is 1. The van der Waals surface area contributed by atoms with Gasteiger partial charge in [-0.2, -0.15) is 0 Å². The molecule has 0 aliphatic carbocycles. The van der Waals surface area contributed by atoms with E-state index < -0.39 is 5.82 Å². The Bertz CT molecular complexity index is 624. The van der Waals surface area contributed by atoms with Crippen molar-refractivity contribution >= 4 is 28.6 Å². The van der Waals surface area contributed by atoms with Crippen molar-refractivity contribution in [3.63, 3.8) is 0 Å². The Morgan fingerprint density at radius 1 is 1.35 bits per heavy atom. The molecule has 0 fully saturated rings. The van der Waals surface area contributed by atoms with E-state index in [4.69, 9.17) is 0 Å². The third-order valence-corrected chi connectivity index (χ3v) is 4.16. The van der Waals surface area contributed by atoms with Crippen LogP contribution in [0, 0.1) is 12.7 Å². The maximum atomic E-state index is 13.6. The van der Waals surface area contributed by atoms with Crippen LogP contribution in [0.5, 0.6) is 0 Å². The number of nitrogens with one attached hydrogen (secondary N) is 2. The van der Waals surface area contributed by atoms with Crippen molar-refractivity contribution in [3.8, 4) is 0 Å². The van der Waals surface area contributed by atoms with E-state index in [0.29, 0.717) is 0 Å². The molecule has 0 saturated heterocycles. The number of anilines is 2. The first-order chi connectivity index (χ1) is 9.47. The van der Waals surface area contributed by atoms with Gasteiger partial charge < -0.3 is 10.6 Å². The van der Waals surface area contributed by atoms with E-state index in [2.05, 4.69) is 35.9 Å². The molecule has 0 aliphatic rings. The zero-order valence-corrected chi connectivity index (χ0v) is 12.5. The summed E-state index contributed by atoms with van der Waals surface area (Å²) < 4.78 is 13.6. The van der Waals surface area contributed by atoms with Crippen molar-refractivity contribution < 1.29 is 9.18 Å². The molecule has 1 aromatic heterocycles. The molecule has 3 nitrogen and oxygen atoms in total. The van der Waals surface area contributed by atoms with Crippen LogP contribution in [0.1, 0.15) is 30.3 Å². The van der Waals surface area contributed by atoms with Crippen LogP contribution >= 0.6 is 11.3 Å². The van der Waals surface area contributed by atoms with Crippen LogP contribution in [0.15, 0.2) is 29.6 Å². The Kier molecular flexibility index (Phi) is 4.39. The zero-order chi connectivity index (χ0) is 14.7. The van der Waals surface area contributed by atoms with Crippen LogP contribution < -0.4 is 10.6 Å². The second kappa shape index (κ2) is 6.05. The van der Waals surface area contributed by atoms with E-state index in [0.717, 1.165) is 5.69 Å². The maximum absolute atomic E-state index is 13.6. The molecule has 1 amide bonds. The molecular formula is C15H17FN2OS. The lowest BCUT2D eigenvalue weighted by molar-refractivity contribution is -0.114. The van der Waals surface area contributed by atoms with Crippen molar-refractivity contribution in [2.75, 3.05) is 10.6 Å². The number of hydrogen-bond acceptors (Lipinski definition) is 3. The quantitative estimate of drug-likeness (QED) is 0.880. The summed E-state index contributed by atoms with van der Waals surface area (Å²) in [5, 5.41) is 7.85. The average Bonchev–Trinajstić information content (AvgIpc) is 2.79. The highest BCUT2D eigenvalue weighted by molar-refractivity contribution is 7.10. The summed E-state index contributed by atoms with van der Waals surface area (Å²) in [7, 11) is 0. The minimum Gasteiger partial charge on any atom is -0.378 e. The van der Waals surface area contributed by atoms with Gasteiger partial charge in [0.15, 0.2) is 0 Å². The summed E-state index contributed by atoms with van der Waals surface area (Å²) in [6, 6.07) is 6.83. The largest absolute Gasteiger partial charge is 0.378 e. The summed E-state index contributed by atoms with van der Waals surface area (Å²) >= 11 is 1.69. The Hall–Kier alpha value is -1.88. The van der Waals surface area contributed by atoms with Crippen LogP contribution in [0.25, 0.3) is 0 Å². The van der Waals surface area contributed by atoms with Crippen LogP contribution in [-0.4, -0.2) is 5.91 Å². The second-order valence-corrected chi connectivity index (χ2v) is 5.66. The van der Waals surface area contributed by atoms with Gasteiger partial charge in [0, 0.05) is 17.5 Å². The van der Waals surface area contributed by atoms with Crippen molar-refractivity contribution in [1.29, 1.82) is 0 Å². The van der Waals surface area contributed by atoms with Gasteiger partial charge >= 0.3 is 0 Å². The SMILES string of the molecule is CC(=O)Nc1cc(NC(C)c2sccc2C)ccc1F. The Labute approximate surface area is 121 Å². The Balaban J connectivity index is 2.17. The van der Waals surface area contributed by atoms with Gasteiger partial charge in [-0.05, 0) is 49.1 Å². The number of amides is 1. The van der Waals surface area contributed by atoms with Crippen molar-refractivity contribution in [2.45, 2.75) is 26.8 Å². The molecule has 0 saturated carbocycles. The summed E-state index contributed by atoms with van der Waals surface area (Å²) in [6.45, 7) is 5.48. The van der Waals surface area contributed by atoms with E-state index in [9.17, 15) is 9.18 Å². The van der Waals surface area contributed by atoms with Gasteiger partial charge in [-0.15, -0.1) is 11.3 Å². The molecule has 2 aromatic rings. The molecule has 1 aromatic carbocycles. The highest BCUT2D eigenvalue weighted by atomic mass is 32.1. The molecule has 5 heteroatoms. The van der Waals surface area contributed by atoms with Gasteiger partial charge in [-0.3, -0.25) is 4.79 Å². The lowest BCUT2D eigenvalue weighted by Crippen LogP contribution is -2.10. The van der Waals surface area contributed by atoms with Gasteiger partial charge in [-0.25, -0.2) is 4.39 Å². The van der Waals surface area contributed by atoms with Gasteiger partial charge in [0.25, 0.3) is 0 Å². The van der Waals surface area contributed by atoms with Crippen LogP contribution in [0.3, 0.4) is 0 Å². The topological polar surface area (TPSA) is 41.1 Å². The highest BCUT2D eigenvalue weighted by Crippen LogP contribution is 2.28. The average molecular weight is 292 g/mol. The molecule has 0 radical (unpaired) electrons. The van der Waals surface area contributed by atoms with E-state index in [1.165, 1.54) is 23.4 Å². The number of carbonyl (C=O) groups excluding carboxylic acids is 1. The summed E-state index contributed by atoms with van der Waals surface area (Å²) in [4.78, 5) is 12.3. The van der Waals surface area contributed by atoms with Crippen LogP contribution in [0.2, 0.25) is 0 Å². The first kappa shape index (κ1) is 14.5. The molecule has 2 N–H and O–H groups in total. The third kappa shape index (κ3) is 3.36. The lowest BCUT2D eigenvalue weighted by atomic mass is 10.1. The zero-order valence-electron chi connectivity index (χ0n) is 11.7. The second-order valence-electron chi connectivity index (χ2n) is 4.71. The Morgan fingerprint density at radius 3 is 2.70 bits per heavy atom. The minimum absolute atomic E-state index is 0.130. The summed E-state index contributed by atoms with van der Waals surface area (Å²) in [5.74, 6) is -0.728. The fourth-order valence-electron chi connectivity index (χ4n) is 2.04. The summed E-state index contributed by atoms with van der Waals surface area (Å²) in [5.41, 5.74) is 2.20. The third-order valence-electron chi connectivity index (χ3n) is 2.96. The van der Waals surface area contributed by atoms with E-state index in [1.807, 2.05) is 0 Å². The molecule has 0 bridgehead atoms. The molecule has 1 atom stereocenters. The molecular weight excluding hydrogens is 275 g/mol. The lowest BCUT2D eigenvalue weighted by Gasteiger charge is -2.16. The molecule has 1 unspecified atom stereocenters. The number of hydrogen-bond donors (Lipinski definition) is 2. The van der Waals surface area contributed by atoms with Gasteiger partial charge in [0.05, 0.1) is 11.7 Å². The minimum atomic E-state index is -0.439. The first-order valence-electron chi connectivity index (χ1n) is 6.35. The van der Waals surface area contributed by atoms with Crippen molar-refractivity contribution in [2.24, 2.45) is 0 Å². The number of aryl methyl sites for hydroxylation is 1. The van der Waals surface area contributed by atoms with Crippen molar-refractivity contribution in [3.05, 3.63) is 45.9 Å². The number of carbonyl (C=O) groups is 1. The molecule has 0 spiro atoms. The van der Waals surface area contributed by atoms with E-state index in [-0.39, 0.29) is 17.6 Å². The number of halogens is 1. The highest BCUT2D eigenvalue weighted by Gasteiger charge is 2.11. The predicted octanol–water partition coefficient (Wildman–Crippen LogP) is 4.33. The van der Waals surface area contributed by atoms with Gasteiger partial charge in [-0.1, -0.05) is 0 Å². The maximum Gasteiger partial charge on any atom is 0.221 e. The van der Waals surface area contributed by atoms with Crippen LogP contribution in [0.4, 0.5) is 15.8 Å². The van der Waals surface area contributed by atoms with Gasteiger partial charge in [0.1, 0.15) is 5.82 Å². The molecule has 1 heterocycles. The van der Waals surface area contributed by atoms with Crippen molar-refractivity contribution in [1.82, 2.24) is 0 Å². The molecule has 20 heavy (non-hydrogen) atoms. The molecule has 0 aliphatic heterocycles. The van der Waals surface area contributed by atoms with E-state index >= 15 is 0 Å². The van der Waals surface area contributed by atoms with Crippen LogP contribution in [-0.2, 0) is 4.79 Å². The predicted molar refractivity (Wildman–Crippen MR) is 81.8 cm³/mol. The van der Waals surface area contributed by atoms with E-state index in [1.54, 1.807) is 23.5 Å². The monoisotopic (exact) mass is 292 g/mol. The fraction of sp³-hybridized carbons (Fsp3) is 0.267. The molecule has 106 valence electrons. The first-order valence-corrected chi connectivity index (χ1v) is 7.23. The Morgan fingerprint density at radius 2 is 2.10 bits per heavy atom. The fourth-order valence-corrected chi connectivity index (χ4v) is 2.98. The standard InChI is InChI=1S/C15H17FN2OS/c1-9-6-7-20-15(9)10(2)17-12-4-5-13(16)14(8-12)18-11(3)19/h4-8,10,17H,1-3H3,(H,18,19). The summed E-state index contributed by atoms with van der Waals surface area (Å²) in [6.07, 6.45) is 0. The smallest absolute Gasteiger partial charge is 0.221 e. The number of benzene rings is 1. The number of rotatable bonds is 4. The molecule has 2 rings (SSSR count). The van der Waals surface area contributed by atoms with Gasteiger partial charge in [0.2, 0.25) is 5.91 Å².